The number of rotatable bonds is 4. The highest BCUT2D eigenvalue weighted by molar-refractivity contribution is 7.14. The van der Waals surface area contributed by atoms with Crippen LogP contribution in [0.25, 0.3) is 0 Å². The first-order valence-corrected chi connectivity index (χ1v) is 5.02. The maximum atomic E-state index is 11.2. The first-order valence-electron chi connectivity index (χ1n) is 4.14. The maximum absolute atomic E-state index is 11.2. The Morgan fingerprint density at radius 1 is 1.64 bits per heavy atom. The molecule has 0 aromatic carbocycles. The number of nitrogens with one attached hydrogen (secondary N) is 2. The van der Waals surface area contributed by atoms with E-state index >= 15 is 0 Å². The lowest BCUT2D eigenvalue weighted by atomic mass is 10.3. The van der Waals surface area contributed by atoms with E-state index in [2.05, 4.69) is 15.6 Å². The monoisotopic (exact) mass is 235 g/mol. The summed E-state index contributed by atoms with van der Waals surface area (Å²) in [5.41, 5.74) is 2.70. The van der Waals surface area contributed by atoms with Gasteiger partial charge in [0.15, 0.2) is 0 Å². The average Bonchev–Trinajstić information content (AvgIpc) is 2.52. The molecular formula is C8H14ClN3OS. The third kappa shape index (κ3) is 3.61. The third-order valence-corrected chi connectivity index (χ3v) is 2.35. The Morgan fingerprint density at radius 2 is 2.36 bits per heavy atom. The van der Waals surface area contributed by atoms with Crippen molar-refractivity contribution in [2.75, 3.05) is 18.9 Å². The van der Waals surface area contributed by atoms with Crippen molar-refractivity contribution < 1.29 is 4.79 Å². The molecule has 1 aromatic rings. The van der Waals surface area contributed by atoms with Crippen molar-refractivity contribution >= 4 is 34.7 Å². The average molecular weight is 236 g/mol. The fourth-order valence-corrected chi connectivity index (χ4v) is 1.75. The molecule has 14 heavy (non-hydrogen) atoms. The summed E-state index contributed by atoms with van der Waals surface area (Å²) in [7, 11) is 1.74. The number of nitrogens with zero attached hydrogens (tertiary/aromatic N) is 1. The minimum Gasteiger partial charge on any atom is -0.315 e. The number of hydrogen-bond donors (Lipinski definition) is 2. The lowest BCUT2D eigenvalue weighted by Crippen LogP contribution is -2.25. The molecule has 0 aliphatic heterocycles. The second-order valence-electron chi connectivity index (χ2n) is 2.56. The van der Waals surface area contributed by atoms with Crippen LogP contribution in [-0.2, 0) is 11.2 Å². The Morgan fingerprint density at radius 3 is 2.93 bits per heavy atom. The molecule has 0 aliphatic rings. The first kappa shape index (κ1) is 13.4. The lowest BCUT2D eigenvalue weighted by Gasteiger charge is -2.02. The Bertz CT molecular complexity index is 290. The van der Waals surface area contributed by atoms with Gasteiger partial charge in [0, 0.05) is 0 Å². The molecular weight excluding hydrogens is 222 g/mol. The summed E-state index contributed by atoms with van der Waals surface area (Å²) in [5, 5.41) is 6.45. The fraction of sp³-hybridized carbons (Fsp3) is 0.500. The molecule has 4 nitrogen and oxygen atoms in total. The molecule has 0 spiro atoms. The number of anilines is 1. The molecule has 0 bridgehead atoms. The van der Waals surface area contributed by atoms with E-state index in [-0.39, 0.29) is 18.3 Å². The Kier molecular flexibility index (Phi) is 6.44. The van der Waals surface area contributed by atoms with Crippen molar-refractivity contribution in [1.29, 1.82) is 0 Å². The largest absolute Gasteiger partial charge is 0.315 e. The zero-order valence-corrected chi connectivity index (χ0v) is 9.80. The third-order valence-electron chi connectivity index (χ3n) is 1.57. The maximum Gasteiger partial charge on any atom is 0.238 e. The Hall–Kier alpha value is -0.650. The van der Waals surface area contributed by atoms with Gasteiger partial charge in [0.05, 0.1) is 17.7 Å². The molecule has 1 amide bonds. The summed E-state index contributed by atoms with van der Waals surface area (Å²) in [5.74, 6) is -0.0264. The van der Waals surface area contributed by atoms with Crippen molar-refractivity contribution in [3.8, 4) is 0 Å². The van der Waals surface area contributed by atoms with Crippen LogP contribution in [0.1, 0.15) is 12.6 Å². The van der Waals surface area contributed by atoms with E-state index in [1.165, 1.54) is 11.3 Å². The number of aryl methyl sites for hydroxylation is 1. The number of thiazole rings is 1. The number of amides is 1. The summed E-state index contributed by atoms with van der Waals surface area (Å²) in [6.07, 6.45) is 0.846. The minimum absolute atomic E-state index is 0. The number of hydrogen-bond acceptors (Lipinski definition) is 4. The lowest BCUT2D eigenvalue weighted by molar-refractivity contribution is -0.115. The van der Waals surface area contributed by atoms with Gasteiger partial charge in [-0.25, -0.2) is 4.98 Å². The van der Waals surface area contributed by atoms with Gasteiger partial charge >= 0.3 is 0 Å². The van der Waals surface area contributed by atoms with E-state index in [0.29, 0.717) is 6.54 Å². The Balaban J connectivity index is 0.00000169. The van der Waals surface area contributed by atoms with Gasteiger partial charge in [-0.1, -0.05) is 6.92 Å². The number of aromatic nitrogens is 1. The smallest absolute Gasteiger partial charge is 0.238 e. The van der Waals surface area contributed by atoms with E-state index in [1.807, 2.05) is 6.92 Å². The Labute approximate surface area is 93.5 Å². The van der Waals surface area contributed by atoms with Crippen LogP contribution in [0.3, 0.4) is 0 Å². The van der Waals surface area contributed by atoms with Crippen LogP contribution < -0.4 is 10.6 Å². The first-order chi connectivity index (χ1) is 6.27. The second-order valence-corrected chi connectivity index (χ2v) is 3.42. The van der Waals surface area contributed by atoms with Crippen LogP contribution in [-0.4, -0.2) is 24.5 Å². The van der Waals surface area contributed by atoms with Crippen molar-refractivity contribution in [3.63, 3.8) is 0 Å². The van der Waals surface area contributed by atoms with E-state index in [4.69, 9.17) is 0 Å². The summed E-state index contributed by atoms with van der Waals surface area (Å²) in [4.78, 5) is 15.3. The van der Waals surface area contributed by atoms with E-state index in [9.17, 15) is 4.79 Å². The minimum atomic E-state index is -0.0264. The van der Waals surface area contributed by atoms with Gasteiger partial charge < -0.3 is 10.6 Å². The van der Waals surface area contributed by atoms with Gasteiger partial charge in [-0.3, -0.25) is 4.79 Å². The van der Waals surface area contributed by atoms with Gasteiger partial charge in [0.1, 0.15) is 5.00 Å². The van der Waals surface area contributed by atoms with Crippen LogP contribution in [0.15, 0.2) is 5.51 Å². The predicted molar refractivity (Wildman–Crippen MR) is 61.3 cm³/mol. The van der Waals surface area contributed by atoms with Gasteiger partial charge in [-0.15, -0.1) is 23.7 Å². The molecule has 0 fully saturated rings. The highest BCUT2D eigenvalue weighted by atomic mass is 35.5. The SMILES string of the molecule is CCc1ncsc1NC(=O)CNC.Cl. The molecule has 6 heteroatoms. The molecule has 0 saturated heterocycles. The van der Waals surface area contributed by atoms with Crippen LogP contribution in [0, 0.1) is 0 Å². The summed E-state index contributed by atoms with van der Waals surface area (Å²) in [6, 6.07) is 0. The highest BCUT2D eigenvalue weighted by Gasteiger charge is 2.06. The van der Waals surface area contributed by atoms with Crippen molar-refractivity contribution in [1.82, 2.24) is 10.3 Å². The molecule has 0 unspecified atom stereocenters. The van der Waals surface area contributed by atoms with Crippen LogP contribution in [0.4, 0.5) is 5.00 Å². The van der Waals surface area contributed by atoms with E-state index in [1.54, 1.807) is 12.6 Å². The zero-order valence-electron chi connectivity index (χ0n) is 8.16. The fourth-order valence-electron chi connectivity index (χ4n) is 0.954. The summed E-state index contributed by atoms with van der Waals surface area (Å²) >= 11 is 1.46. The topological polar surface area (TPSA) is 54.0 Å². The van der Waals surface area contributed by atoms with Crippen molar-refractivity contribution in [2.45, 2.75) is 13.3 Å². The van der Waals surface area contributed by atoms with E-state index in [0.717, 1.165) is 17.1 Å². The summed E-state index contributed by atoms with van der Waals surface area (Å²) in [6.45, 7) is 2.35. The molecule has 0 atom stereocenters. The molecule has 1 rings (SSSR count). The van der Waals surface area contributed by atoms with E-state index < -0.39 is 0 Å². The zero-order chi connectivity index (χ0) is 9.68. The van der Waals surface area contributed by atoms with Crippen molar-refractivity contribution in [2.24, 2.45) is 0 Å². The molecule has 1 heterocycles. The number of likely N-dealkylation sites (N-methyl/N-ethyl adjacent to an activating group) is 1. The molecule has 0 radical (unpaired) electrons. The number of halogens is 1. The highest BCUT2D eigenvalue weighted by Crippen LogP contribution is 2.19. The number of carbonyl (C=O) groups is 1. The van der Waals surface area contributed by atoms with Crippen LogP contribution in [0.5, 0.6) is 0 Å². The summed E-state index contributed by atoms with van der Waals surface area (Å²) < 4.78 is 0. The molecule has 80 valence electrons. The van der Waals surface area contributed by atoms with Gasteiger partial charge in [-0.05, 0) is 13.5 Å². The van der Waals surface area contributed by atoms with Gasteiger partial charge in [0.2, 0.25) is 5.91 Å². The molecule has 1 aromatic heterocycles. The molecule has 0 aliphatic carbocycles. The second kappa shape index (κ2) is 6.75. The standard InChI is InChI=1S/C8H13N3OS.ClH/c1-3-6-8(13-5-10-6)11-7(12)4-9-2;/h5,9H,3-4H2,1-2H3,(H,11,12);1H. The van der Waals surface area contributed by atoms with Crippen LogP contribution >= 0.6 is 23.7 Å². The van der Waals surface area contributed by atoms with Crippen LogP contribution in [0.2, 0.25) is 0 Å². The van der Waals surface area contributed by atoms with Gasteiger partial charge in [0.25, 0.3) is 0 Å². The molecule has 0 saturated carbocycles. The normalized spacial score (nSPS) is 9.29. The van der Waals surface area contributed by atoms with Gasteiger partial charge in [-0.2, -0.15) is 0 Å². The van der Waals surface area contributed by atoms with Crippen molar-refractivity contribution in [3.05, 3.63) is 11.2 Å². The quantitative estimate of drug-likeness (QED) is 0.827. The number of carbonyl (C=O) groups excluding carboxylic acids is 1. The molecule has 2 N–H and O–H groups in total. The predicted octanol–water partition coefficient (Wildman–Crippen LogP) is 1.29.